The van der Waals surface area contributed by atoms with Crippen molar-refractivity contribution in [3.63, 3.8) is 0 Å². The molecule has 44 heavy (non-hydrogen) atoms. The van der Waals surface area contributed by atoms with Gasteiger partial charge in [0.05, 0.1) is 17.4 Å². The Bertz CT molecular complexity index is 1750. The van der Waals surface area contributed by atoms with Crippen molar-refractivity contribution in [1.29, 1.82) is 0 Å². The Kier molecular flexibility index (Phi) is 11.5. The smallest absolute Gasteiger partial charge is 0.475 e. The van der Waals surface area contributed by atoms with E-state index in [1.54, 1.807) is 60.7 Å². The molecule has 0 saturated carbocycles. The van der Waals surface area contributed by atoms with E-state index in [9.17, 15) is 34.8 Å². The Morgan fingerprint density at radius 1 is 1.02 bits per heavy atom. The molecule has 3 aromatic rings. The predicted octanol–water partition coefficient (Wildman–Crippen LogP) is 2.47. The summed E-state index contributed by atoms with van der Waals surface area (Å²) in [5.74, 6) is -3.48. The number of hydrogen-bond acceptors (Lipinski definition) is 10. The van der Waals surface area contributed by atoms with Crippen molar-refractivity contribution in [2.45, 2.75) is 23.5 Å². The topological polar surface area (TPSA) is 223 Å². The zero-order chi connectivity index (χ0) is 33.5. The number of primary sulfonamides is 1. The van der Waals surface area contributed by atoms with Crippen molar-refractivity contribution in [1.82, 2.24) is 4.31 Å². The van der Waals surface area contributed by atoms with Crippen LogP contribution < -0.4 is 16.2 Å². The van der Waals surface area contributed by atoms with Gasteiger partial charge in [-0.25, -0.2) is 31.1 Å². The normalized spacial score (nSPS) is 12.6. The number of carboxylic acid groups (broad SMARTS) is 1. The van der Waals surface area contributed by atoms with Crippen molar-refractivity contribution >= 4 is 49.5 Å². The van der Waals surface area contributed by atoms with Crippen molar-refractivity contribution in [2.24, 2.45) is 10.3 Å². The molecule has 0 spiro atoms. The van der Waals surface area contributed by atoms with Gasteiger partial charge in [0.15, 0.2) is 0 Å². The molecule has 0 aliphatic heterocycles. The Hall–Kier alpha value is -4.68. The van der Waals surface area contributed by atoms with Gasteiger partial charge >= 0.3 is 12.1 Å². The molecule has 1 atom stereocenters. The Morgan fingerprint density at radius 2 is 1.59 bits per heavy atom. The van der Waals surface area contributed by atoms with Crippen molar-refractivity contribution in [3.8, 4) is 11.1 Å². The van der Waals surface area contributed by atoms with Crippen LogP contribution in [-0.2, 0) is 36.1 Å². The largest absolute Gasteiger partial charge is 0.490 e. The van der Waals surface area contributed by atoms with Gasteiger partial charge < -0.3 is 21.4 Å². The second kappa shape index (κ2) is 14.2. The lowest BCUT2D eigenvalue weighted by molar-refractivity contribution is -0.192. The zero-order valence-electron chi connectivity index (χ0n) is 23.1. The van der Waals surface area contributed by atoms with Crippen LogP contribution in [-0.4, -0.2) is 75.1 Å². The fraction of sp³-hybridized carbons (Fsp3) is 0.192. The number of nitrogens with one attached hydrogen (secondary N) is 1. The van der Waals surface area contributed by atoms with Crippen LogP contribution in [0.5, 0.6) is 0 Å². The number of sulfonamides is 2. The number of carboxylic acids is 1. The summed E-state index contributed by atoms with van der Waals surface area (Å²) in [6.07, 6.45) is -3.00. The first-order valence-electron chi connectivity index (χ1n) is 12.1. The molecule has 0 aliphatic rings. The quantitative estimate of drug-likeness (QED) is 0.0977. The Morgan fingerprint density at radius 3 is 2.09 bits per heavy atom. The molecule has 0 aliphatic carbocycles. The maximum Gasteiger partial charge on any atom is 0.490 e. The molecule has 13 nitrogen and oxygen atoms in total. The van der Waals surface area contributed by atoms with Crippen LogP contribution >= 0.6 is 0 Å². The molecule has 0 bridgehead atoms. The molecular weight excluding hydrogens is 631 g/mol. The van der Waals surface area contributed by atoms with Crippen LogP contribution in [0.15, 0.2) is 76.8 Å². The molecule has 3 aromatic carbocycles. The van der Waals surface area contributed by atoms with Gasteiger partial charge in [-0.3, -0.25) is 4.79 Å². The van der Waals surface area contributed by atoms with Gasteiger partial charge in [0.25, 0.3) is 5.91 Å². The molecule has 1 amide bonds. The summed E-state index contributed by atoms with van der Waals surface area (Å²) in [4.78, 5) is 22.1. The number of aliphatic carboxylic acids is 1. The second-order valence-corrected chi connectivity index (χ2v) is 12.6. The number of carbonyl (C=O) groups is 2. The number of alkyl halides is 3. The fourth-order valence-corrected chi connectivity index (χ4v) is 4.94. The molecule has 3 rings (SSSR count). The maximum atomic E-state index is 13.2. The zero-order valence-corrected chi connectivity index (χ0v) is 24.7. The fourth-order valence-electron chi connectivity index (χ4n) is 3.73. The SMILES string of the molecule is CN(C(=O)[C@H](Cc1cccc(N)c1C=NO)Nc1ccc(-c2ccccc2S(N)(=O)=O)cc1)S(C)(=O)=O.O=C(O)C(F)(F)F. The average Bonchev–Trinajstić information content (AvgIpc) is 2.93. The monoisotopic (exact) mass is 659 g/mol. The van der Waals surface area contributed by atoms with E-state index in [2.05, 4.69) is 10.5 Å². The van der Waals surface area contributed by atoms with E-state index in [1.807, 2.05) is 0 Å². The Balaban J connectivity index is 0.000000860. The number of hydrogen-bond donors (Lipinski definition) is 5. The number of amides is 1. The molecule has 0 saturated heterocycles. The number of likely N-dealkylation sites (N-methyl/N-ethyl adjacent to an activating group) is 1. The van der Waals surface area contributed by atoms with Crippen molar-refractivity contribution in [2.75, 3.05) is 24.4 Å². The molecular formula is C26H28F3N5O8S2. The summed E-state index contributed by atoms with van der Waals surface area (Å²) in [5.41, 5.74) is 8.70. The summed E-state index contributed by atoms with van der Waals surface area (Å²) in [6, 6.07) is 16.8. The minimum atomic E-state index is -5.08. The number of carbonyl (C=O) groups excluding carboxylic acids is 1. The third-order valence-corrected chi connectivity index (χ3v) is 8.06. The van der Waals surface area contributed by atoms with Crippen molar-refractivity contribution in [3.05, 3.63) is 77.9 Å². The summed E-state index contributed by atoms with van der Waals surface area (Å²) in [7, 11) is -6.63. The standard InChI is InChI=1S/C24H27N5O6S2.C2HF3O2/c1-29(36(2,32)33)24(30)22(14-17-6-5-8-21(25)20(17)15-27-31)28-18-12-10-16(11-13-18)19-7-3-4-9-23(19)37(26,34)35;3-2(4,5)1(6)7/h3-13,15,22,28,31H,14,25H2,1-2H3,(H2,26,34,35);(H,6,7)/t22-;/m0./s1. The Labute approximate surface area is 250 Å². The maximum absolute atomic E-state index is 13.2. The number of nitrogen functional groups attached to an aromatic ring is 1. The lowest BCUT2D eigenvalue weighted by atomic mass is 9.98. The highest BCUT2D eigenvalue weighted by molar-refractivity contribution is 7.89. The highest BCUT2D eigenvalue weighted by Gasteiger charge is 2.38. The van der Waals surface area contributed by atoms with Gasteiger partial charge in [-0.2, -0.15) is 13.2 Å². The number of rotatable bonds is 9. The molecule has 18 heteroatoms. The number of nitrogens with zero attached hydrogens (tertiary/aromatic N) is 2. The molecule has 0 heterocycles. The third-order valence-electron chi connectivity index (χ3n) is 5.92. The molecule has 0 radical (unpaired) electrons. The lowest BCUT2D eigenvalue weighted by Gasteiger charge is -2.25. The van der Waals surface area contributed by atoms with Crippen molar-refractivity contribution < 1.29 is 49.9 Å². The lowest BCUT2D eigenvalue weighted by Crippen LogP contribution is -2.44. The number of anilines is 2. The van der Waals surface area contributed by atoms with Gasteiger partial charge in [0.2, 0.25) is 20.0 Å². The molecule has 7 N–H and O–H groups in total. The molecule has 0 unspecified atom stereocenters. The minimum absolute atomic E-state index is 0.0150. The summed E-state index contributed by atoms with van der Waals surface area (Å²) in [5, 5.41) is 27.6. The summed E-state index contributed by atoms with van der Waals surface area (Å²) < 4.78 is 80.5. The van der Waals surface area contributed by atoms with Gasteiger partial charge in [0.1, 0.15) is 6.04 Å². The van der Waals surface area contributed by atoms with E-state index in [0.29, 0.717) is 37.9 Å². The first-order chi connectivity index (χ1) is 20.3. The van der Waals surface area contributed by atoms with Crippen LogP contribution in [0.2, 0.25) is 0 Å². The van der Waals surface area contributed by atoms with Crippen LogP contribution in [0.3, 0.4) is 0 Å². The van der Waals surface area contributed by atoms with E-state index < -0.39 is 44.1 Å². The number of halogens is 3. The van der Waals surface area contributed by atoms with Gasteiger partial charge in [0, 0.05) is 36.0 Å². The van der Waals surface area contributed by atoms with Crippen LogP contribution in [0.4, 0.5) is 24.5 Å². The van der Waals surface area contributed by atoms with E-state index in [0.717, 1.165) is 19.5 Å². The minimum Gasteiger partial charge on any atom is -0.475 e. The molecule has 0 fully saturated rings. The first-order valence-corrected chi connectivity index (χ1v) is 15.5. The van der Waals surface area contributed by atoms with Crippen LogP contribution in [0, 0.1) is 0 Å². The van der Waals surface area contributed by atoms with E-state index in [-0.39, 0.29) is 11.3 Å². The summed E-state index contributed by atoms with van der Waals surface area (Å²) in [6.45, 7) is 0. The number of oxime groups is 1. The predicted molar refractivity (Wildman–Crippen MR) is 156 cm³/mol. The van der Waals surface area contributed by atoms with E-state index >= 15 is 0 Å². The van der Waals surface area contributed by atoms with Crippen LogP contribution in [0.1, 0.15) is 11.1 Å². The van der Waals surface area contributed by atoms with Gasteiger partial charge in [-0.15, -0.1) is 0 Å². The van der Waals surface area contributed by atoms with Crippen LogP contribution in [0.25, 0.3) is 11.1 Å². The highest BCUT2D eigenvalue weighted by Crippen LogP contribution is 2.28. The summed E-state index contributed by atoms with van der Waals surface area (Å²) >= 11 is 0. The van der Waals surface area contributed by atoms with Gasteiger partial charge in [-0.05, 0) is 35.4 Å². The molecule has 238 valence electrons. The molecule has 0 aromatic heterocycles. The number of benzene rings is 3. The first kappa shape index (κ1) is 35.5. The third kappa shape index (κ3) is 9.68. The van der Waals surface area contributed by atoms with Gasteiger partial charge in [-0.1, -0.05) is 47.6 Å². The van der Waals surface area contributed by atoms with E-state index in [1.165, 1.54) is 6.07 Å². The average molecular weight is 660 g/mol. The second-order valence-electron chi connectivity index (χ2n) is 9.06. The highest BCUT2D eigenvalue weighted by atomic mass is 32.2. The van der Waals surface area contributed by atoms with E-state index in [4.69, 9.17) is 26.0 Å². The number of nitrogens with two attached hydrogens (primary N) is 2.